The third-order valence-electron chi connectivity index (χ3n) is 4.55. The lowest BCUT2D eigenvalue weighted by molar-refractivity contribution is -0.138. The predicted molar refractivity (Wildman–Crippen MR) is 96.9 cm³/mol. The Labute approximate surface area is 155 Å². The van der Waals surface area contributed by atoms with Crippen molar-refractivity contribution in [1.82, 2.24) is 14.5 Å². The van der Waals surface area contributed by atoms with Crippen LogP contribution in [0.5, 0.6) is 0 Å². The molecule has 136 valence electrons. The Morgan fingerprint density at radius 3 is 2.52 bits per heavy atom. The number of nitrogens with zero attached hydrogens (tertiary/aromatic N) is 4. The number of fused-ring (bicyclic) bond motifs is 1. The van der Waals surface area contributed by atoms with Gasteiger partial charge in [0.2, 0.25) is 15.9 Å². The number of nitrogens with one attached hydrogen (secondary N) is 1. The maximum absolute atomic E-state index is 12.9. The molecule has 0 spiro atoms. The largest absolute Gasteiger partial charge is 0.340 e. The van der Waals surface area contributed by atoms with Crippen molar-refractivity contribution in [2.24, 2.45) is 14.6 Å². The van der Waals surface area contributed by atoms with Gasteiger partial charge in [-0.25, -0.2) is 8.42 Å². The van der Waals surface area contributed by atoms with Gasteiger partial charge >= 0.3 is 0 Å². The monoisotopic (exact) mass is 403 g/mol. The minimum Gasteiger partial charge on any atom is -0.340 e. The quantitative estimate of drug-likeness (QED) is 0.823. The van der Waals surface area contributed by atoms with E-state index in [9.17, 15) is 13.2 Å². The maximum atomic E-state index is 12.9. The van der Waals surface area contributed by atoms with Crippen molar-refractivity contribution < 1.29 is 13.2 Å². The number of benzene rings is 1. The molecule has 8 nitrogen and oxygen atoms in total. The highest BCUT2D eigenvalue weighted by atomic mass is 35.5. The summed E-state index contributed by atoms with van der Waals surface area (Å²) in [7, 11) is -3.63. The molecule has 3 heterocycles. The second-order valence-corrected chi connectivity index (χ2v) is 8.41. The van der Waals surface area contributed by atoms with E-state index >= 15 is 0 Å². The van der Waals surface area contributed by atoms with Crippen LogP contribution in [0.1, 0.15) is 0 Å². The van der Waals surface area contributed by atoms with E-state index in [1.165, 1.54) is 4.31 Å². The van der Waals surface area contributed by atoms with Crippen LogP contribution in [0.4, 0.5) is 11.4 Å². The molecule has 0 bridgehead atoms. The van der Waals surface area contributed by atoms with Gasteiger partial charge in [-0.2, -0.15) is 13.0 Å². The van der Waals surface area contributed by atoms with E-state index < -0.39 is 10.0 Å². The van der Waals surface area contributed by atoms with Crippen LogP contribution in [0.2, 0.25) is 0 Å². The van der Waals surface area contributed by atoms with Gasteiger partial charge < -0.3 is 10.2 Å². The summed E-state index contributed by atoms with van der Waals surface area (Å²) in [6.07, 6.45) is 0. The molecule has 4 rings (SSSR count). The summed E-state index contributed by atoms with van der Waals surface area (Å²) in [5.74, 6) is 0.166. The number of piperazine rings is 1. The van der Waals surface area contributed by atoms with E-state index in [0.29, 0.717) is 37.6 Å². The van der Waals surface area contributed by atoms with Crippen molar-refractivity contribution in [2.45, 2.75) is 4.90 Å². The highest BCUT2D eigenvalue weighted by Gasteiger charge is 2.35. The first-order valence-electron chi connectivity index (χ1n) is 7.78. The van der Waals surface area contributed by atoms with Gasteiger partial charge in [-0.05, 0) is 12.1 Å². The molecule has 11 heteroatoms. The van der Waals surface area contributed by atoms with E-state index in [1.807, 2.05) is 0 Å². The first-order valence-corrected chi connectivity index (χ1v) is 9.95. The molecule has 3 aliphatic heterocycles. The van der Waals surface area contributed by atoms with Crippen molar-refractivity contribution in [2.75, 3.05) is 39.3 Å². The highest BCUT2D eigenvalue weighted by Crippen LogP contribution is 2.38. The van der Waals surface area contributed by atoms with E-state index in [4.69, 9.17) is 0 Å². The van der Waals surface area contributed by atoms with E-state index in [1.54, 1.807) is 23.1 Å². The Bertz CT molecular complexity index is 857. The zero-order valence-corrected chi connectivity index (χ0v) is 15.7. The third-order valence-corrected chi connectivity index (χ3v) is 7.02. The van der Waals surface area contributed by atoms with Crippen LogP contribution < -0.4 is 5.32 Å². The lowest BCUT2D eigenvalue weighted by Gasteiger charge is -2.38. The van der Waals surface area contributed by atoms with Gasteiger partial charge in [-0.15, -0.1) is 12.4 Å². The summed E-state index contributed by atoms with van der Waals surface area (Å²) in [5, 5.41) is 3.08. The van der Waals surface area contributed by atoms with Gasteiger partial charge in [0, 0.05) is 39.3 Å². The lowest BCUT2D eigenvalue weighted by atomic mass is 10.0. The van der Waals surface area contributed by atoms with Crippen molar-refractivity contribution in [3.63, 3.8) is 0 Å². The van der Waals surface area contributed by atoms with Crippen molar-refractivity contribution in [1.29, 1.82) is 0 Å². The standard InChI is InChI=1S/C14H17N5O3S2.ClH/c20-14(10-8-15-9-10)18-4-6-19(7-5-18)24(21,22)12-3-1-2-11-13(12)17-23-16-11;/h1-3,10,15H,4-9H2;1H. The van der Waals surface area contributed by atoms with Crippen LogP contribution in [0.25, 0.3) is 0 Å². The van der Waals surface area contributed by atoms with E-state index in [0.717, 1.165) is 24.4 Å². The fourth-order valence-electron chi connectivity index (χ4n) is 3.00. The van der Waals surface area contributed by atoms with Gasteiger partial charge in [-0.1, -0.05) is 6.07 Å². The van der Waals surface area contributed by atoms with Crippen molar-refractivity contribution in [3.05, 3.63) is 18.2 Å². The fourth-order valence-corrected chi connectivity index (χ4v) is 5.17. The van der Waals surface area contributed by atoms with Crippen LogP contribution in [-0.2, 0) is 26.2 Å². The molecule has 0 aliphatic carbocycles. The normalized spacial score (nSPS) is 20.4. The lowest BCUT2D eigenvalue weighted by Crippen LogP contribution is -2.57. The van der Waals surface area contributed by atoms with Gasteiger partial charge in [0.05, 0.1) is 17.3 Å². The maximum Gasteiger partial charge on any atom is 0.245 e. The van der Waals surface area contributed by atoms with Gasteiger partial charge in [-0.3, -0.25) is 4.79 Å². The van der Waals surface area contributed by atoms with Crippen LogP contribution in [0.3, 0.4) is 0 Å². The Morgan fingerprint density at radius 1 is 1.16 bits per heavy atom. The molecule has 1 N–H and O–H groups in total. The molecule has 3 aliphatic rings. The molecule has 1 amide bonds. The minimum absolute atomic E-state index is 0. The van der Waals surface area contributed by atoms with Crippen molar-refractivity contribution >= 4 is 51.1 Å². The van der Waals surface area contributed by atoms with Gasteiger partial charge in [0.15, 0.2) is 0 Å². The summed E-state index contributed by atoms with van der Waals surface area (Å²) in [6, 6.07) is 5.00. The number of amides is 1. The molecule has 0 saturated carbocycles. The topological polar surface area (TPSA) is 94.4 Å². The van der Waals surface area contributed by atoms with Crippen LogP contribution in [-0.4, -0.2) is 62.8 Å². The second-order valence-electron chi connectivity index (χ2n) is 5.97. The molecule has 0 radical (unpaired) electrons. The number of hydrogen-bond acceptors (Lipinski definition) is 6. The summed E-state index contributed by atoms with van der Waals surface area (Å²) in [4.78, 5) is 14.2. The summed E-state index contributed by atoms with van der Waals surface area (Å²) < 4.78 is 35.5. The molecule has 1 aromatic rings. The summed E-state index contributed by atoms with van der Waals surface area (Å²) in [5.41, 5.74) is 1.01. The molecule has 0 atom stereocenters. The van der Waals surface area contributed by atoms with Crippen LogP contribution in [0, 0.1) is 5.92 Å². The first-order chi connectivity index (χ1) is 11.6. The SMILES string of the molecule is Cl.O=C(C1CNC1)N1CCN(S(=O)(=O)c2cccc3c2N=S=N3)CC1. The Morgan fingerprint density at radius 2 is 1.88 bits per heavy atom. The number of hydrogen-bond donors (Lipinski definition) is 1. The Hall–Kier alpha value is -1.33. The molecular weight excluding hydrogens is 386 g/mol. The third kappa shape index (κ3) is 3.24. The van der Waals surface area contributed by atoms with Crippen LogP contribution in [0.15, 0.2) is 31.8 Å². The van der Waals surface area contributed by atoms with Gasteiger partial charge in [0.1, 0.15) is 16.3 Å². The number of carbonyl (C=O) groups excluding carboxylic acids is 1. The molecule has 0 aromatic heterocycles. The number of carbonyl (C=O) groups is 1. The molecule has 25 heavy (non-hydrogen) atoms. The molecular formula is C14H18ClN5O3S2. The number of halogens is 1. The second kappa shape index (κ2) is 7.12. The Balaban J connectivity index is 0.00000182. The van der Waals surface area contributed by atoms with E-state index in [-0.39, 0.29) is 29.1 Å². The number of rotatable bonds is 3. The molecule has 0 unspecified atom stereocenters. The first kappa shape index (κ1) is 18.5. The fraction of sp³-hybridized carbons (Fsp3) is 0.500. The molecule has 2 fully saturated rings. The zero-order valence-electron chi connectivity index (χ0n) is 13.3. The Kier molecular flexibility index (Phi) is 5.26. The summed E-state index contributed by atoms with van der Waals surface area (Å²) in [6.45, 7) is 2.91. The van der Waals surface area contributed by atoms with Crippen molar-refractivity contribution in [3.8, 4) is 0 Å². The summed E-state index contributed by atoms with van der Waals surface area (Å²) >= 11 is 1.00. The number of sulfonamides is 1. The average Bonchev–Trinajstić information content (AvgIpc) is 3.01. The van der Waals surface area contributed by atoms with Gasteiger partial charge in [0.25, 0.3) is 0 Å². The predicted octanol–water partition coefficient (Wildman–Crippen LogP) is 0.887. The molecule has 2 saturated heterocycles. The van der Waals surface area contributed by atoms with Crippen LogP contribution >= 0.6 is 12.4 Å². The average molecular weight is 404 g/mol. The molecule has 1 aromatic carbocycles. The van der Waals surface area contributed by atoms with E-state index in [2.05, 4.69) is 14.0 Å². The minimum atomic E-state index is -3.63. The smallest absolute Gasteiger partial charge is 0.245 e. The zero-order chi connectivity index (χ0) is 16.7. The highest BCUT2D eigenvalue weighted by molar-refractivity contribution is 7.89.